The Labute approximate surface area is 125 Å². The SMILES string of the molecule is Cn1nc(-c2nnc(-c3ccc(O)cc3)o2)c2ccccc21. The Hall–Kier alpha value is -3.15. The van der Waals surface area contributed by atoms with E-state index in [1.54, 1.807) is 28.9 Å². The third kappa shape index (κ3) is 1.93. The Bertz CT molecular complexity index is 954. The zero-order valence-electron chi connectivity index (χ0n) is 11.8. The van der Waals surface area contributed by atoms with Crippen molar-refractivity contribution in [3.8, 4) is 28.8 Å². The van der Waals surface area contributed by atoms with Crippen LogP contribution in [0.15, 0.2) is 52.9 Å². The summed E-state index contributed by atoms with van der Waals surface area (Å²) in [5.74, 6) is 0.962. The summed E-state index contributed by atoms with van der Waals surface area (Å²) < 4.78 is 7.52. The third-order valence-corrected chi connectivity index (χ3v) is 3.50. The second-order valence-electron chi connectivity index (χ2n) is 4.95. The molecule has 6 heteroatoms. The highest BCUT2D eigenvalue weighted by molar-refractivity contribution is 5.91. The highest BCUT2D eigenvalue weighted by Crippen LogP contribution is 2.29. The highest BCUT2D eigenvalue weighted by Gasteiger charge is 2.17. The van der Waals surface area contributed by atoms with Crippen molar-refractivity contribution in [1.82, 2.24) is 20.0 Å². The highest BCUT2D eigenvalue weighted by atomic mass is 16.4. The van der Waals surface area contributed by atoms with Crippen LogP contribution in [-0.2, 0) is 7.05 Å². The Morgan fingerprint density at radius 1 is 0.955 bits per heavy atom. The second-order valence-corrected chi connectivity index (χ2v) is 4.95. The number of phenols is 1. The molecule has 2 aromatic heterocycles. The van der Waals surface area contributed by atoms with E-state index in [1.165, 1.54) is 0 Å². The molecule has 0 bridgehead atoms. The zero-order valence-corrected chi connectivity index (χ0v) is 11.8. The maximum absolute atomic E-state index is 9.33. The number of para-hydroxylation sites is 1. The van der Waals surface area contributed by atoms with Crippen LogP contribution in [0.2, 0.25) is 0 Å². The Balaban J connectivity index is 1.82. The van der Waals surface area contributed by atoms with E-state index < -0.39 is 0 Å². The second kappa shape index (κ2) is 4.70. The van der Waals surface area contributed by atoms with Gasteiger partial charge < -0.3 is 9.52 Å². The van der Waals surface area contributed by atoms with Crippen molar-refractivity contribution in [2.24, 2.45) is 7.05 Å². The summed E-state index contributed by atoms with van der Waals surface area (Å²) in [6.07, 6.45) is 0. The molecule has 0 aliphatic heterocycles. The van der Waals surface area contributed by atoms with Gasteiger partial charge in [0.1, 0.15) is 5.75 Å². The molecule has 22 heavy (non-hydrogen) atoms. The van der Waals surface area contributed by atoms with Crippen molar-refractivity contribution in [3.63, 3.8) is 0 Å². The predicted molar refractivity (Wildman–Crippen MR) is 81.1 cm³/mol. The molecule has 4 aromatic rings. The molecule has 0 fully saturated rings. The molecule has 0 atom stereocenters. The van der Waals surface area contributed by atoms with Gasteiger partial charge in [0.15, 0.2) is 5.69 Å². The van der Waals surface area contributed by atoms with Gasteiger partial charge in [0.2, 0.25) is 5.89 Å². The number of hydrogen-bond donors (Lipinski definition) is 1. The number of aromatic nitrogens is 4. The minimum absolute atomic E-state index is 0.194. The molecule has 1 N–H and O–H groups in total. The lowest BCUT2D eigenvalue weighted by Gasteiger charge is -1.94. The van der Waals surface area contributed by atoms with Crippen molar-refractivity contribution in [3.05, 3.63) is 48.5 Å². The molecule has 108 valence electrons. The van der Waals surface area contributed by atoms with Gasteiger partial charge in [0.25, 0.3) is 5.89 Å². The van der Waals surface area contributed by atoms with Crippen molar-refractivity contribution in [1.29, 1.82) is 0 Å². The van der Waals surface area contributed by atoms with Crippen LogP contribution < -0.4 is 0 Å². The molecule has 6 nitrogen and oxygen atoms in total. The van der Waals surface area contributed by atoms with E-state index in [4.69, 9.17) is 4.42 Å². The maximum Gasteiger partial charge on any atom is 0.269 e. The fourth-order valence-corrected chi connectivity index (χ4v) is 2.41. The number of aryl methyl sites for hydroxylation is 1. The van der Waals surface area contributed by atoms with Crippen LogP contribution in [0.5, 0.6) is 5.75 Å². The molecule has 0 saturated heterocycles. The first-order chi connectivity index (χ1) is 10.7. The van der Waals surface area contributed by atoms with Gasteiger partial charge in [-0.1, -0.05) is 18.2 Å². The molecule has 0 aliphatic carbocycles. The summed E-state index contributed by atoms with van der Waals surface area (Å²) in [6.45, 7) is 0. The number of benzene rings is 2. The van der Waals surface area contributed by atoms with Crippen LogP contribution in [0, 0.1) is 0 Å². The number of hydrogen-bond acceptors (Lipinski definition) is 5. The molecule has 0 spiro atoms. The van der Waals surface area contributed by atoms with Crippen LogP contribution in [0.4, 0.5) is 0 Å². The van der Waals surface area contributed by atoms with Crippen LogP contribution >= 0.6 is 0 Å². The summed E-state index contributed by atoms with van der Waals surface area (Å²) in [6, 6.07) is 14.5. The maximum atomic E-state index is 9.33. The summed E-state index contributed by atoms with van der Waals surface area (Å²) in [5, 5.41) is 22.9. The van der Waals surface area contributed by atoms with E-state index >= 15 is 0 Å². The minimum atomic E-state index is 0.194. The van der Waals surface area contributed by atoms with Crippen LogP contribution in [0.3, 0.4) is 0 Å². The van der Waals surface area contributed by atoms with Gasteiger partial charge in [-0.2, -0.15) is 5.10 Å². The fourth-order valence-electron chi connectivity index (χ4n) is 2.41. The summed E-state index contributed by atoms with van der Waals surface area (Å²) in [5.41, 5.74) is 2.41. The lowest BCUT2D eigenvalue weighted by Crippen LogP contribution is -1.89. The Morgan fingerprint density at radius 2 is 1.68 bits per heavy atom. The molecule has 0 saturated carbocycles. The van der Waals surface area contributed by atoms with Crippen molar-refractivity contribution < 1.29 is 9.52 Å². The van der Waals surface area contributed by atoms with Gasteiger partial charge in [-0.3, -0.25) is 4.68 Å². The lowest BCUT2D eigenvalue weighted by molar-refractivity contribution is 0.475. The molecular formula is C16H12N4O2. The molecule has 4 rings (SSSR count). The third-order valence-electron chi connectivity index (χ3n) is 3.50. The first-order valence-electron chi connectivity index (χ1n) is 6.77. The minimum Gasteiger partial charge on any atom is -0.508 e. The average Bonchev–Trinajstić information content (AvgIpc) is 3.14. The van der Waals surface area contributed by atoms with Crippen molar-refractivity contribution >= 4 is 10.9 Å². The monoisotopic (exact) mass is 292 g/mol. The molecule has 0 radical (unpaired) electrons. The predicted octanol–water partition coefficient (Wildman–Crippen LogP) is 3.00. The van der Waals surface area contributed by atoms with Crippen molar-refractivity contribution in [2.75, 3.05) is 0 Å². The summed E-state index contributed by atoms with van der Waals surface area (Å²) in [4.78, 5) is 0. The number of phenolic OH excluding ortho intramolecular Hbond substituents is 1. The zero-order chi connectivity index (χ0) is 15.1. The largest absolute Gasteiger partial charge is 0.508 e. The van der Waals surface area contributed by atoms with Gasteiger partial charge in [-0.15, -0.1) is 10.2 Å². The molecular weight excluding hydrogens is 280 g/mol. The normalized spacial score (nSPS) is 11.1. The van der Waals surface area contributed by atoms with Crippen LogP contribution in [-0.4, -0.2) is 25.1 Å². The number of fused-ring (bicyclic) bond motifs is 1. The van der Waals surface area contributed by atoms with Gasteiger partial charge in [-0.25, -0.2) is 0 Å². The Kier molecular flexibility index (Phi) is 2.69. The summed E-state index contributed by atoms with van der Waals surface area (Å²) in [7, 11) is 1.88. The topological polar surface area (TPSA) is 77.0 Å². The number of rotatable bonds is 2. The van der Waals surface area contributed by atoms with E-state index in [1.807, 2.05) is 31.3 Å². The van der Waals surface area contributed by atoms with Crippen LogP contribution in [0.1, 0.15) is 0 Å². The van der Waals surface area contributed by atoms with E-state index in [2.05, 4.69) is 15.3 Å². The summed E-state index contributed by atoms with van der Waals surface area (Å²) >= 11 is 0. The first-order valence-corrected chi connectivity index (χ1v) is 6.77. The molecule has 2 aromatic carbocycles. The smallest absolute Gasteiger partial charge is 0.269 e. The fraction of sp³-hybridized carbons (Fsp3) is 0.0625. The van der Waals surface area contributed by atoms with Gasteiger partial charge >= 0.3 is 0 Å². The van der Waals surface area contributed by atoms with E-state index in [0.29, 0.717) is 17.5 Å². The first kappa shape index (κ1) is 12.6. The average molecular weight is 292 g/mol. The van der Waals surface area contributed by atoms with Gasteiger partial charge in [0.05, 0.1) is 5.52 Å². The van der Waals surface area contributed by atoms with Gasteiger partial charge in [-0.05, 0) is 30.3 Å². The van der Waals surface area contributed by atoms with E-state index in [0.717, 1.165) is 16.5 Å². The molecule has 0 amide bonds. The quantitative estimate of drug-likeness (QED) is 0.614. The number of aromatic hydroxyl groups is 1. The van der Waals surface area contributed by atoms with Gasteiger partial charge in [0, 0.05) is 18.0 Å². The van der Waals surface area contributed by atoms with E-state index in [-0.39, 0.29) is 5.75 Å². The Morgan fingerprint density at radius 3 is 2.50 bits per heavy atom. The molecule has 2 heterocycles. The lowest BCUT2D eigenvalue weighted by atomic mass is 10.2. The van der Waals surface area contributed by atoms with E-state index in [9.17, 15) is 5.11 Å². The van der Waals surface area contributed by atoms with Crippen molar-refractivity contribution in [2.45, 2.75) is 0 Å². The molecule has 0 unspecified atom stereocenters. The molecule has 0 aliphatic rings. The van der Waals surface area contributed by atoms with Crippen LogP contribution in [0.25, 0.3) is 33.9 Å². The number of nitrogens with zero attached hydrogens (tertiary/aromatic N) is 4. The standard InChI is InChI=1S/C16H12N4O2/c1-20-13-5-3-2-4-12(13)14(19-20)16-18-17-15(22-16)10-6-8-11(21)9-7-10/h2-9,21H,1H3.